The summed E-state index contributed by atoms with van der Waals surface area (Å²) in [7, 11) is 0. The number of esters is 2. The van der Waals surface area contributed by atoms with Crippen LogP contribution in [0.25, 0.3) is 10.8 Å². The van der Waals surface area contributed by atoms with Crippen molar-refractivity contribution in [1.29, 1.82) is 0 Å². The van der Waals surface area contributed by atoms with Gasteiger partial charge in [0.2, 0.25) is 11.5 Å². The van der Waals surface area contributed by atoms with Crippen LogP contribution in [0, 0.1) is 0 Å². The number of benzene rings is 2. The van der Waals surface area contributed by atoms with Crippen LogP contribution in [0.1, 0.15) is 79.1 Å². The van der Waals surface area contributed by atoms with Crippen molar-refractivity contribution in [3.63, 3.8) is 0 Å². The molecule has 0 fully saturated rings. The standard InChI is InChI=1S/C31H39NO6S/c1-5-7-9-11-19-35-30-28(37-22(3)33)26-14-13-25(39-24-15-17-32-18-16-24)21-27(26)29(38-23(4)34)31(30)36-20-12-10-8-6-2/h13-18,21H,5-12,19-20H2,1-4H3. The van der Waals surface area contributed by atoms with Gasteiger partial charge in [0.15, 0.2) is 11.5 Å². The molecule has 0 bridgehead atoms. The Bertz CT molecular complexity index is 1230. The van der Waals surface area contributed by atoms with E-state index in [1.807, 2.05) is 30.3 Å². The topological polar surface area (TPSA) is 84.0 Å². The third-order valence-corrected chi connectivity index (χ3v) is 6.96. The molecular formula is C31H39NO6S. The van der Waals surface area contributed by atoms with Crippen molar-refractivity contribution in [2.45, 2.75) is 88.9 Å². The van der Waals surface area contributed by atoms with Crippen molar-refractivity contribution in [3.8, 4) is 23.0 Å². The molecule has 0 amide bonds. The number of hydrogen-bond donors (Lipinski definition) is 0. The summed E-state index contributed by atoms with van der Waals surface area (Å²) >= 11 is 1.55. The summed E-state index contributed by atoms with van der Waals surface area (Å²) in [5.74, 6) is 0.157. The number of carbonyl (C=O) groups excluding carboxylic acids is 2. The van der Waals surface area contributed by atoms with E-state index >= 15 is 0 Å². The SMILES string of the molecule is CCCCCCOc1c(OCCCCCC)c(OC(C)=O)c2cc(Sc3ccncc3)ccc2c1OC(C)=O. The number of nitrogens with zero attached hydrogens (tertiary/aromatic N) is 1. The van der Waals surface area contributed by atoms with Crippen molar-refractivity contribution in [3.05, 3.63) is 42.7 Å². The lowest BCUT2D eigenvalue weighted by Crippen LogP contribution is -2.11. The fraction of sp³-hybridized carbons (Fsp3) is 0.452. The first-order chi connectivity index (χ1) is 18.9. The Balaban J connectivity index is 2.15. The van der Waals surface area contributed by atoms with E-state index < -0.39 is 11.9 Å². The second-order valence-corrected chi connectivity index (χ2v) is 10.5. The van der Waals surface area contributed by atoms with E-state index in [4.69, 9.17) is 18.9 Å². The zero-order valence-electron chi connectivity index (χ0n) is 23.4. The summed E-state index contributed by atoms with van der Waals surface area (Å²) < 4.78 is 24.0. The van der Waals surface area contributed by atoms with E-state index in [0.29, 0.717) is 24.0 Å². The van der Waals surface area contributed by atoms with Crippen LogP contribution in [0.4, 0.5) is 0 Å². The zero-order chi connectivity index (χ0) is 28.0. The molecule has 1 aromatic heterocycles. The number of rotatable bonds is 16. The molecular weight excluding hydrogens is 514 g/mol. The predicted octanol–water partition coefficient (Wildman–Crippen LogP) is 8.15. The van der Waals surface area contributed by atoms with Gasteiger partial charge in [0.05, 0.1) is 13.2 Å². The molecule has 3 rings (SSSR count). The molecule has 0 aliphatic heterocycles. The molecule has 0 saturated carbocycles. The Morgan fingerprint density at radius 1 is 0.667 bits per heavy atom. The van der Waals surface area contributed by atoms with Gasteiger partial charge in [-0.2, -0.15) is 0 Å². The Morgan fingerprint density at radius 3 is 1.72 bits per heavy atom. The normalized spacial score (nSPS) is 10.9. The van der Waals surface area contributed by atoms with Crippen LogP contribution in [0.2, 0.25) is 0 Å². The van der Waals surface area contributed by atoms with Crippen LogP contribution in [0.15, 0.2) is 52.5 Å². The highest BCUT2D eigenvalue weighted by molar-refractivity contribution is 7.99. The summed E-state index contributed by atoms with van der Waals surface area (Å²) in [6.45, 7) is 7.85. The van der Waals surface area contributed by atoms with Gasteiger partial charge < -0.3 is 18.9 Å². The van der Waals surface area contributed by atoms with Gasteiger partial charge in [0.1, 0.15) is 0 Å². The Labute approximate surface area is 235 Å². The lowest BCUT2D eigenvalue weighted by molar-refractivity contribution is -0.133. The van der Waals surface area contributed by atoms with Gasteiger partial charge in [-0.05, 0) is 43.2 Å². The maximum absolute atomic E-state index is 12.3. The third-order valence-electron chi connectivity index (χ3n) is 5.96. The summed E-state index contributed by atoms with van der Waals surface area (Å²) in [5.41, 5.74) is 0. The lowest BCUT2D eigenvalue weighted by Gasteiger charge is -2.21. The molecule has 3 aromatic rings. The van der Waals surface area contributed by atoms with Crippen molar-refractivity contribution >= 4 is 34.5 Å². The van der Waals surface area contributed by atoms with E-state index in [2.05, 4.69) is 18.8 Å². The number of carbonyl (C=O) groups is 2. The number of ether oxygens (including phenoxy) is 4. The van der Waals surface area contributed by atoms with E-state index in [1.165, 1.54) is 13.8 Å². The highest BCUT2D eigenvalue weighted by atomic mass is 32.2. The molecule has 0 saturated heterocycles. The van der Waals surface area contributed by atoms with E-state index in [-0.39, 0.29) is 23.0 Å². The first-order valence-electron chi connectivity index (χ1n) is 13.8. The van der Waals surface area contributed by atoms with Crippen molar-refractivity contribution in [1.82, 2.24) is 4.98 Å². The monoisotopic (exact) mass is 553 g/mol. The molecule has 0 spiro atoms. The third kappa shape index (κ3) is 9.17. The van der Waals surface area contributed by atoms with Crippen LogP contribution in [0.5, 0.6) is 23.0 Å². The average molecular weight is 554 g/mol. The van der Waals surface area contributed by atoms with E-state index in [0.717, 1.165) is 61.2 Å². The minimum Gasteiger partial charge on any atom is -0.486 e. The molecule has 39 heavy (non-hydrogen) atoms. The summed E-state index contributed by atoms with van der Waals surface area (Å²) in [6, 6.07) is 9.56. The maximum atomic E-state index is 12.3. The smallest absolute Gasteiger partial charge is 0.308 e. The Hall–Kier alpha value is -3.26. The van der Waals surface area contributed by atoms with Crippen LogP contribution in [-0.4, -0.2) is 30.1 Å². The maximum Gasteiger partial charge on any atom is 0.308 e. The summed E-state index contributed by atoms with van der Waals surface area (Å²) in [5, 5.41) is 1.20. The molecule has 0 aliphatic rings. The summed E-state index contributed by atoms with van der Waals surface area (Å²) in [4.78, 5) is 30.5. The minimum atomic E-state index is -0.478. The second kappa shape index (κ2) is 16.0. The molecule has 0 N–H and O–H groups in total. The van der Waals surface area contributed by atoms with Gasteiger partial charge >= 0.3 is 11.9 Å². The number of hydrogen-bond acceptors (Lipinski definition) is 8. The zero-order valence-corrected chi connectivity index (χ0v) is 24.2. The van der Waals surface area contributed by atoms with Crippen LogP contribution in [0.3, 0.4) is 0 Å². The molecule has 8 heteroatoms. The number of aromatic nitrogens is 1. The van der Waals surface area contributed by atoms with Gasteiger partial charge in [-0.1, -0.05) is 64.1 Å². The van der Waals surface area contributed by atoms with Gasteiger partial charge in [0, 0.05) is 46.8 Å². The molecule has 0 radical (unpaired) electrons. The number of fused-ring (bicyclic) bond motifs is 1. The Kier molecular flexibility index (Phi) is 12.4. The van der Waals surface area contributed by atoms with Gasteiger partial charge in [0.25, 0.3) is 0 Å². The fourth-order valence-corrected chi connectivity index (χ4v) is 4.97. The minimum absolute atomic E-state index is 0.268. The van der Waals surface area contributed by atoms with Crippen LogP contribution in [-0.2, 0) is 9.59 Å². The van der Waals surface area contributed by atoms with Crippen molar-refractivity contribution in [2.75, 3.05) is 13.2 Å². The molecule has 0 aliphatic carbocycles. The predicted molar refractivity (Wildman–Crippen MR) is 154 cm³/mol. The largest absolute Gasteiger partial charge is 0.486 e. The molecule has 210 valence electrons. The lowest BCUT2D eigenvalue weighted by atomic mass is 10.1. The molecule has 1 heterocycles. The van der Waals surface area contributed by atoms with Gasteiger partial charge in [-0.25, -0.2) is 0 Å². The first kappa shape index (κ1) is 30.3. The number of pyridine rings is 1. The molecule has 0 unspecified atom stereocenters. The average Bonchev–Trinajstić information content (AvgIpc) is 2.91. The van der Waals surface area contributed by atoms with Crippen LogP contribution < -0.4 is 18.9 Å². The quantitative estimate of drug-likeness (QED) is 0.0998. The van der Waals surface area contributed by atoms with Crippen molar-refractivity contribution < 1.29 is 28.5 Å². The van der Waals surface area contributed by atoms with E-state index in [1.54, 1.807) is 24.2 Å². The van der Waals surface area contributed by atoms with Gasteiger partial charge in [-0.3, -0.25) is 14.6 Å². The van der Waals surface area contributed by atoms with Crippen molar-refractivity contribution in [2.24, 2.45) is 0 Å². The highest BCUT2D eigenvalue weighted by Gasteiger charge is 2.27. The fourth-order valence-electron chi connectivity index (χ4n) is 4.12. The first-order valence-corrected chi connectivity index (χ1v) is 14.6. The number of unbranched alkanes of at least 4 members (excludes halogenated alkanes) is 6. The van der Waals surface area contributed by atoms with Gasteiger partial charge in [-0.15, -0.1) is 0 Å². The molecule has 2 aromatic carbocycles. The molecule has 0 atom stereocenters. The molecule has 7 nitrogen and oxygen atoms in total. The van der Waals surface area contributed by atoms with E-state index in [9.17, 15) is 9.59 Å². The second-order valence-electron chi connectivity index (χ2n) is 9.31. The Morgan fingerprint density at radius 2 is 1.21 bits per heavy atom. The highest BCUT2D eigenvalue weighted by Crippen LogP contribution is 2.52. The van der Waals surface area contributed by atoms with Crippen LogP contribution >= 0.6 is 11.8 Å². The summed E-state index contributed by atoms with van der Waals surface area (Å²) in [6.07, 6.45) is 11.6.